The van der Waals surface area contributed by atoms with Crippen molar-refractivity contribution in [2.45, 2.75) is 65.1 Å². The van der Waals surface area contributed by atoms with Gasteiger partial charge in [0.15, 0.2) is 5.65 Å². The van der Waals surface area contributed by atoms with Crippen LogP contribution in [0.15, 0.2) is 30.6 Å². The molecule has 1 aliphatic carbocycles. The first-order valence-electron chi connectivity index (χ1n) is 13.7. The molecule has 12 heteroatoms. The summed E-state index contributed by atoms with van der Waals surface area (Å²) < 4.78 is 22.9. The molecule has 6 rings (SSSR count). The number of piperazine rings is 1. The summed E-state index contributed by atoms with van der Waals surface area (Å²) in [5, 5.41) is 4.85. The average molecular weight is 579 g/mol. The number of rotatable bonds is 4. The van der Waals surface area contributed by atoms with E-state index in [1.165, 1.54) is 6.07 Å². The molecule has 2 aliphatic rings. The summed E-state index contributed by atoms with van der Waals surface area (Å²) >= 11 is 6.04. The SMILES string of the molecule is Cc1nc2nc(N3CCN(C(=O)OC(C)(C)C)C(c4cnn(C5CC5)c4)C3)nc(-c3ccc(Cl)cc3F)c2nc1C. The van der Waals surface area contributed by atoms with Gasteiger partial charge in [0.1, 0.15) is 22.6 Å². The molecule has 1 saturated carbocycles. The predicted octanol–water partition coefficient (Wildman–Crippen LogP) is 5.83. The number of ether oxygens (including phenoxy) is 1. The fraction of sp³-hybridized carbons (Fsp3) is 0.448. The monoisotopic (exact) mass is 578 g/mol. The maximum Gasteiger partial charge on any atom is 0.410 e. The molecule has 0 bridgehead atoms. The molecular weight excluding hydrogens is 547 g/mol. The Balaban J connectivity index is 1.42. The molecule has 1 saturated heterocycles. The number of fused-ring (bicyclic) bond motifs is 1. The second-order valence-corrected chi connectivity index (χ2v) is 12.1. The summed E-state index contributed by atoms with van der Waals surface area (Å²) in [6.07, 6.45) is 5.64. The van der Waals surface area contributed by atoms with Crippen LogP contribution in [-0.2, 0) is 4.74 Å². The van der Waals surface area contributed by atoms with Crippen molar-refractivity contribution < 1.29 is 13.9 Å². The molecular formula is C29H32ClFN8O2. The van der Waals surface area contributed by atoms with E-state index < -0.39 is 11.4 Å². The highest BCUT2D eigenvalue weighted by atomic mass is 35.5. The maximum atomic E-state index is 15.2. The van der Waals surface area contributed by atoms with Gasteiger partial charge in [0.05, 0.1) is 29.7 Å². The van der Waals surface area contributed by atoms with Crippen molar-refractivity contribution in [3.63, 3.8) is 0 Å². The van der Waals surface area contributed by atoms with E-state index >= 15 is 4.39 Å². The van der Waals surface area contributed by atoms with Gasteiger partial charge in [-0.25, -0.2) is 24.1 Å². The van der Waals surface area contributed by atoms with Crippen molar-refractivity contribution in [2.24, 2.45) is 0 Å². The van der Waals surface area contributed by atoms with Crippen LogP contribution in [0.2, 0.25) is 5.02 Å². The van der Waals surface area contributed by atoms with Gasteiger partial charge in [0.25, 0.3) is 0 Å². The molecule has 4 aromatic rings. The van der Waals surface area contributed by atoms with Gasteiger partial charge in [0, 0.05) is 42.0 Å². The molecule has 1 unspecified atom stereocenters. The van der Waals surface area contributed by atoms with Crippen LogP contribution in [0.3, 0.4) is 0 Å². The Hall–Kier alpha value is -3.86. The van der Waals surface area contributed by atoms with Crippen LogP contribution >= 0.6 is 11.6 Å². The van der Waals surface area contributed by atoms with Gasteiger partial charge >= 0.3 is 6.09 Å². The molecule has 1 atom stereocenters. The fourth-order valence-corrected chi connectivity index (χ4v) is 5.12. The number of amides is 1. The largest absolute Gasteiger partial charge is 0.444 e. The van der Waals surface area contributed by atoms with Crippen molar-refractivity contribution in [1.82, 2.24) is 34.6 Å². The minimum atomic E-state index is -0.634. The number of hydrogen-bond donors (Lipinski definition) is 0. The lowest BCUT2D eigenvalue weighted by Gasteiger charge is -2.41. The van der Waals surface area contributed by atoms with Crippen LogP contribution in [0, 0.1) is 19.7 Å². The van der Waals surface area contributed by atoms with E-state index in [2.05, 4.69) is 15.1 Å². The quantitative estimate of drug-likeness (QED) is 0.298. The summed E-state index contributed by atoms with van der Waals surface area (Å²) in [6.45, 7) is 10.5. The van der Waals surface area contributed by atoms with Gasteiger partial charge in [-0.15, -0.1) is 0 Å². The number of nitrogens with zero attached hydrogens (tertiary/aromatic N) is 8. The standard InChI is InChI=1S/C29H32ClFN8O2/c1-16-17(2)34-26-25(33-16)24(21-9-6-19(30)12-22(21)31)35-27(36-26)37-10-11-38(28(40)41-29(3,4)5)23(15-37)18-13-32-39(14-18)20-7-8-20/h6,9,12-14,20,23H,7-8,10-11,15H2,1-5H3. The summed E-state index contributed by atoms with van der Waals surface area (Å²) in [5.41, 5.74) is 3.09. The van der Waals surface area contributed by atoms with E-state index in [9.17, 15) is 4.79 Å². The van der Waals surface area contributed by atoms with Crippen LogP contribution in [-0.4, -0.2) is 65.9 Å². The number of aromatic nitrogens is 6. The topological polar surface area (TPSA) is 102 Å². The van der Waals surface area contributed by atoms with Crippen LogP contribution in [0.5, 0.6) is 0 Å². The molecule has 1 aliphatic heterocycles. The first kappa shape index (κ1) is 27.3. The fourth-order valence-electron chi connectivity index (χ4n) is 4.96. The Bertz CT molecular complexity index is 1650. The Kier molecular flexibility index (Phi) is 6.80. The van der Waals surface area contributed by atoms with Gasteiger partial charge in [-0.3, -0.25) is 9.58 Å². The predicted molar refractivity (Wildman–Crippen MR) is 153 cm³/mol. The highest BCUT2D eigenvalue weighted by Gasteiger charge is 2.37. The average Bonchev–Trinajstić information content (AvgIpc) is 3.64. The van der Waals surface area contributed by atoms with Crippen molar-refractivity contribution in [3.05, 3.63) is 58.4 Å². The van der Waals surface area contributed by atoms with Crippen LogP contribution in [0.4, 0.5) is 15.1 Å². The molecule has 214 valence electrons. The summed E-state index contributed by atoms with van der Waals surface area (Å²) in [6, 6.07) is 4.52. The molecule has 3 aromatic heterocycles. The number of hydrogen-bond acceptors (Lipinski definition) is 8. The number of carbonyl (C=O) groups is 1. The summed E-state index contributed by atoms with van der Waals surface area (Å²) in [7, 11) is 0. The second-order valence-electron chi connectivity index (χ2n) is 11.7. The summed E-state index contributed by atoms with van der Waals surface area (Å²) in [4.78, 5) is 36.0. The molecule has 2 fully saturated rings. The van der Waals surface area contributed by atoms with E-state index in [4.69, 9.17) is 26.3 Å². The second kappa shape index (κ2) is 10.2. The van der Waals surface area contributed by atoms with Crippen molar-refractivity contribution in [3.8, 4) is 11.3 Å². The number of anilines is 1. The van der Waals surface area contributed by atoms with Gasteiger partial charge < -0.3 is 9.64 Å². The minimum Gasteiger partial charge on any atom is -0.444 e. The number of aryl methyl sites for hydroxylation is 2. The zero-order valence-electron chi connectivity index (χ0n) is 23.7. The molecule has 10 nitrogen and oxygen atoms in total. The van der Waals surface area contributed by atoms with E-state index in [-0.39, 0.29) is 22.7 Å². The van der Waals surface area contributed by atoms with Gasteiger partial charge in [0.2, 0.25) is 5.95 Å². The minimum absolute atomic E-state index is 0.259. The molecule has 0 spiro atoms. The third-order valence-electron chi connectivity index (χ3n) is 7.34. The lowest BCUT2D eigenvalue weighted by Crippen LogP contribution is -2.52. The number of halogens is 2. The molecule has 0 radical (unpaired) electrons. The first-order valence-corrected chi connectivity index (χ1v) is 14.1. The Morgan fingerprint density at radius 2 is 1.83 bits per heavy atom. The van der Waals surface area contributed by atoms with Gasteiger partial charge in [-0.2, -0.15) is 10.1 Å². The van der Waals surface area contributed by atoms with Crippen LogP contribution < -0.4 is 4.90 Å². The summed E-state index contributed by atoms with van der Waals surface area (Å²) in [5.74, 6) is -0.133. The van der Waals surface area contributed by atoms with Gasteiger partial charge in [-0.05, 0) is 65.7 Å². The first-order chi connectivity index (χ1) is 19.5. The lowest BCUT2D eigenvalue weighted by molar-refractivity contribution is 0.0136. The molecule has 1 amide bonds. The normalized spacial score (nSPS) is 17.8. The molecule has 41 heavy (non-hydrogen) atoms. The van der Waals surface area contributed by atoms with E-state index in [1.807, 2.05) is 56.6 Å². The number of benzene rings is 1. The zero-order chi connectivity index (χ0) is 29.1. The Morgan fingerprint density at radius 3 is 2.54 bits per heavy atom. The molecule has 1 aromatic carbocycles. The van der Waals surface area contributed by atoms with Crippen molar-refractivity contribution >= 4 is 34.8 Å². The maximum absolute atomic E-state index is 15.2. The van der Waals surface area contributed by atoms with E-state index in [0.717, 1.165) is 24.1 Å². The molecule has 0 N–H and O–H groups in total. The van der Waals surface area contributed by atoms with Crippen molar-refractivity contribution in [2.75, 3.05) is 24.5 Å². The van der Waals surface area contributed by atoms with Gasteiger partial charge in [-0.1, -0.05) is 11.6 Å². The zero-order valence-corrected chi connectivity index (χ0v) is 24.5. The molecule has 4 heterocycles. The third kappa shape index (κ3) is 5.55. The number of carbonyl (C=O) groups excluding carboxylic acids is 1. The van der Waals surface area contributed by atoms with Crippen LogP contribution in [0.25, 0.3) is 22.4 Å². The van der Waals surface area contributed by atoms with Crippen molar-refractivity contribution in [1.29, 1.82) is 0 Å². The Labute approximate surface area is 242 Å². The highest BCUT2D eigenvalue weighted by Crippen LogP contribution is 2.37. The van der Waals surface area contributed by atoms with Crippen LogP contribution in [0.1, 0.15) is 62.6 Å². The van der Waals surface area contributed by atoms with E-state index in [1.54, 1.807) is 17.0 Å². The highest BCUT2D eigenvalue weighted by molar-refractivity contribution is 6.30. The third-order valence-corrected chi connectivity index (χ3v) is 7.57. The smallest absolute Gasteiger partial charge is 0.410 e. The lowest BCUT2D eigenvalue weighted by atomic mass is 10.1. The Morgan fingerprint density at radius 1 is 1.07 bits per heavy atom. The van der Waals surface area contributed by atoms with E-state index in [0.29, 0.717) is 54.2 Å².